The number of carbonyl (C=O) groups excluding carboxylic acids is 1. The lowest BCUT2D eigenvalue weighted by Gasteiger charge is -2.19. The van der Waals surface area contributed by atoms with Gasteiger partial charge in [0, 0.05) is 5.56 Å². The number of cyclic esters (lactones) is 1. The van der Waals surface area contributed by atoms with Gasteiger partial charge >= 0.3 is 5.97 Å². The Balaban J connectivity index is 1.98. The number of aromatic hydroxyl groups is 1. The van der Waals surface area contributed by atoms with Crippen LogP contribution in [0.5, 0.6) is 5.75 Å². The van der Waals surface area contributed by atoms with Crippen LogP contribution >= 0.6 is 0 Å². The van der Waals surface area contributed by atoms with Gasteiger partial charge in [-0.1, -0.05) is 54.6 Å². The number of hydrogen-bond acceptors (Lipinski definition) is 3. The molecule has 3 aromatic rings. The van der Waals surface area contributed by atoms with Crippen LogP contribution in [0.4, 0.5) is 0 Å². The molecule has 0 radical (unpaired) electrons. The summed E-state index contributed by atoms with van der Waals surface area (Å²) >= 11 is 0. The number of carbonyl (C=O) groups is 1. The first-order valence-corrected chi connectivity index (χ1v) is 7.42. The van der Waals surface area contributed by atoms with Crippen molar-refractivity contribution in [2.45, 2.75) is 6.61 Å². The first kappa shape index (κ1) is 13.6. The van der Waals surface area contributed by atoms with E-state index in [1.54, 1.807) is 12.1 Å². The van der Waals surface area contributed by atoms with E-state index in [1.807, 2.05) is 54.6 Å². The Labute approximate surface area is 133 Å². The highest BCUT2D eigenvalue weighted by Gasteiger charge is 2.23. The molecule has 0 aromatic heterocycles. The molecule has 1 heterocycles. The van der Waals surface area contributed by atoms with Crippen LogP contribution in [0.2, 0.25) is 0 Å². The number of phenols is 1. The predicted octanol–water partition coefficient (Wildman–Crippen LogP) is 4.14. The van der Waals surface area contributed by atoms with Crippen molar-refractivity contribution < 1.29 is 14.6 Å². The summed E-state index contributed by atoms with van der Waals surface area (Å²) in [6.07, 6.45) is 1.72. The third-order valence-corrected chi connectivity index (χ3v) is 4.12. The van der Waals surface area contributed by atoms with E-state index in [4.69, 9.17) is 4.74 Å². The van der Waals surface area contributed by atoms with E-state index in [-0.39, 0.29) is 18.3 Å². The lowest BCUT2D eigenvalue weighted by molar-refractivity contribution is -0.138. The number of hydrogen-bond donors (Lipinski definition) is 1. The third kappa shape index (κ3) is 2.27. The van der Waals surface area contributed by atoms with Gasteiger partial charge in [0.15, 0.2) is 0 Å². The molecule has 0 bridgehead atoms. The van der Waals surface area contributed by atoms with Crippen molar-refractivity contribution in [3.63, 3.8) is 0 Å². The third-order valence-electron chi connectivity index (χ3n) is 4.12. The van der Waals surface area contributed by atoms with Crippen LogP contribution in [-0.4, -0.2) is 11.1 Å². The fourth-order valence-electron chi connectivity index (χ4n) is 2.96. The summed E-state index contributed by atoms with van der Waals surface area (Å²) in [7, 11) is 0. The van der Waals surface area contributed by atoms with Gasteiger partial charge in [0.25, 0.3) is 0 Å². The molecule has 0 saturated heterocycles. The van der Waals surface area contributed by atoms with Crippen LogP contribution in [-0.2, 0) is 16.1 Å². The Morgan fingerprint density at radius 3 is 2.65 bits per heavy atom. The quantitative estimate of drug-likeness (QED) is 0.543. The number of ether oxygens (including phenoxy) is 1. The Kier molecular flexibility index (Phi) is 3.12. The van der Waals surface area contributed by atoms with Crippen LogP contribution in [0, 0.1) is 0 Å². The highest BCUT2D eigenvalue weighted by Crippen LogP contribution is 2.34. The normalized spacial score (nSPS) is 15.5. The maximum atomic E-state index is 12.2. The molecule has 4 rings (SSSR count). The second-order valence-electron chi connectivity index (χ2n) is 5.51. The topological polar surface area (TPSA) is 46.5 Å². The average Bonchev–Trinajstić information content (AvgIpc) is 2.59. The van der Waals surface area contributed by atoms with E-state index < -0.39 is 0 Å². The standard InChI is InChI=1S/C20H14O3/c21-19-10-9-13-5-1-3-7-15(13)17(19)11-18-16-8-4-2-6-14(16)12-23-20(18)22/h1-11,21H,12H2/b18-11+. The molecule has 0 saturated carbocycles. The van der Waals surface area contributed by atoms with Crippen molar-refractivity contribution in [3.8, 4) is 5.75 Å². The van der Waals surface area contributed by atoms with Gasteiger partial charge in [-0.25, -0.2) is 4.79 Å². The highest BCUT2D eigenvalue weighted by molar-refractivity contribution is 6.23. The molecule has 0 atom stereocenters. The summed E-state index contributed by atoms with van der Waals surface area (Å²) in [4.78, 5) is 12.2. The van der Waals surface area contributed by atoms with Crippen LogP contribution in [0.25, 0.3) is 22.4 Å². The van der Waals surface area contributed by atoms with E-state index in [9.17, 15) is 9.90 Å². The van der Waals surface area contributed by atoms with E-state index in [0.29, 0.717) is 11.1 Å². The summed E-state index contributed by atoms with van der Waals surface area (Å²) < 4.78 is 5.25. The van der Waals surface area contributed by atoms with Gasteiger partial charge in [0.2, 0.25) is 0 Å². The molecule has 3 nitrogen and oxygen atoms in total. The van der Waals surface area contributed by atoms with Gasteiger partial charge in [-0.15, -0.1) is 0 Å². The summed E-state index contributed by atoms with van der Waals surface area (Å²) in [5.74, 6) is -0.219. The van der Waals surface area contributed by atoms with Gasteiger partial charge in [-0.2, -0.15) is 0 Å². The summed E-state index contributed by atoms with van der Waals surface area (Å²) in [5.41, 5.74) is 2.93. The molecule has 3 heteroatoms. The Morgan fingerprint density at radius 1 is 0.957 bits per heavy atom. The van der Waals surface area contributed by atoms with E-state index in [2.05, 4.69) is 0 Å². The second-order valence-corrected chi connectivity index (χ2v) is 5.51. The number of benzene rings is 3. The number of esters is 1. The molecule has 1 aliphatic heterocycles. The van der Waals surface area contributed by atoms with E-state index in [1.165, 1.54) is 0 Å². The maximum absolute atomic E-state index is 12.2. The van der Waals surface area contributed by atoms with Gasteiger partial charge in [0.1, 0.15) is 12.4 Å². The molecule has 112 valence electrons. The Morgan fingerprint density at radius 2 is 1.74 bits per heavy atom. The Bertz CT molecular complexity index is 954. The average molecular weight is 302 g/mol. The van der Waals surface area contributed by atoms with E-state index in [0.717, 1.165) is 21.9 Å². The van der Waals surface area contributed by atoms with Gasteiger partial charge in [0.05, 0.1) is 5.57 Å². The van der Waals surface area contributed by atoms with E-state index >= 15 is 0 Å². The van der Waals surface area contributed by atoms with Crippen molar-refractivity contribution in [1.29, 1.82) is 0 Å². The highest BCUT2D eigenvalue weighted by atomic mass is 16.5. The molecule has 0 amide bonds. The fraction of sp³-hybridized carbons (Fsp3) is 0.0500. The SMILES string of the molecule is O=C1OCc2ccccc2/C1=C\c1c(O)ccc2ccccc12. The van der Waals surface area contributed by atoms with Crippen molar-refractivity contribution in [2.75, 3.05) is 0 Å². The number of rotatable bonds is 1. The summed E-state index contributed by atoms with van der Waals surface area (Å²) in [6, 6.07) is 18.9. The van der Waals surface area contributed by atoms with Crippen LogP contribution in [0.1, 0.15) is 16.7 Å². The van der Waals surface area contributed by atoms with Crippen molar-refractivity contribution in [3.05, 3.63) is 77.4 Å². The molecule has 0 fully saturated rings. The summed E-state index contributed by atoms with van der Waals surface area (Å²) in [5, 5.41) is 12.2. The minimum absolute atomic E-state index is 0.145. The molecule has 23 heavy (non-hydrogen) atoms. The fourth-order valence-corrected chi connectivity index (χ4v) is 2.96. The smallest absolute Gasteiger partial charge is 0.339 e. The second kappa shape index (κ2) is 5.29. The van der Waals surface area contributed by atoms with Gasteiger partial charge < -0.3 is 9.84 Å². The molecular weight excluding hydrogens is 288 g/mol. The number of fused-ring (bicyclic) bond motifs is 2. The molecule has 0 spiro atoms. The monoisotopic (exact) mass is 302 g/mol. The maximum Gasteiger partial charge on any atom is 0.339 e. The van der Waals surface area contributed by atoms with Crippen LogP contribution in [0.3, 0.4) is 0 Å². The van der Waals surface area contributed by atoms with Gasteiger partial charge in [-0.05, 0) is 34.0 Å². The molecule has 1 N–H and O–H groups in total. The first-order chi connectivity index (χ1) is 11.2. The van der Waals surface area contributed by atoms with Crippen LogP contribution < -0.4 is 0 Å². The molecule has 0 aliphatic carbocycles. The minimum atomic E-state index is -0.365. The zero-order valence-electron chi connectivity index (χ0n) is 12.3. The number of phenolic OH excluding ortho intramolecular Hbond substituents is 1. The molecule has 1 aliphatic rings. The first-order valence-electron chi connectivity index (χ1n) is 7.42. The van der Waals surface area contributed by atoms with Crippen molar-refractivity contribution in [2.24, 2.45) is 0 Å². The van der Waals surface area contributed by atoms with Crippen molar-refractivity contribution in [1.82, 2.24) is 0 Å². The summed E-state index contributed by atoms with van der Waals surface area (Å²) in [6.45, 7) is 0.286. The lowest BCUT2D eigenvalue weighted by atomic mass is 9.94. The largest absolute Gasteiger partial charge is 0.507 e. The Hall–Kier alpha value is -3.07. The molecular formula is C20H14O3. The zero-order chi connectivity index (χ0) is 15.8. The minimum Gasteiger partial charge on any atom is -0.507 e. The molecule has 3 aromatic carbocycles. The van der Waals surface area contributed by atoms with Crippen molar-refractivity contribution >= 4 is 28.4 Å². The lowest BCUT2D eigenvalue weighted by Crippen LogP contribution is -2.15. The molecule has 0 unspecified atom stereocenters. The van der Waals surface area contributed by atoms with Gasteiger partial charge in [-0.3, -0.25) is 0 Å². The predicted molar refractivity (Wildman–Crippen MR) is 89.7 cm³/mol. The van der Waals surface area contributed by atoms with Crippen LogP contribution in [0.15, 0.2) is 60.7 Å². The zero-order valence-corrected chi connectivity index (χ0v) is 12.3.